The van der Waals surface area contributed by atoms with Crippen molar-refractivity contribution in [3.8, 4) is 113 Å². The molecule has 0 N–H and O–H groups in total. The van der Waals surface area contributed by atoms with E-state index < -0.39 is 0 Å². The van der Waals surface area contributed by atoms with Crippen molar-refractivity contribution in [2.24, 2.45) is 0 Å². The number of rotatable bonds is 10. The molecule has 86 heavy (non-hydrogen) atoms. The molecule has 4 heterocycles. The minimum absolute atomic E-state index is 0.669. The van der Waals surface area contributed by atoms with Gasteiger partial charge in [0.05, 0.1) is 0 Å². The second kappa shape index (κ2) is 23.0. The van der Waals surface area contributed by atoms with E-state index in [1.165, 1.54) is 84.9 Å². The lowest BCUT2D eigenvalue weighted by molar-refractivity contribution is 1.07. The monoisotopic (exact) mass is 1130 g/mol. The Kier molecular flexibility index (Phi) is 13.9. The quantitative estimate of drug-likeness (QED) is 0.136. The van der Waals surface area contributed by atoms with Crippen LogP contribution in [0.5, 0.6) is 0 Å². The summed E-state index contributed by atoms with van der Waals surface area (Å²) in [7, 11) is 0. The van der Waals surface area contributed by atoms with Crippen LogP contribution in [0.1, 0.15) is 0 Å². The highest BCUT2D eigenvalue weighted by molar-refractivity contribution is 7.26. The third-order valence-corrected chi connectivity index (χ3v) is 17.8. The smallest absolute Gasteiger partial charge is 0.164 e. The summed E-state index contributed by atoms with van der Waals surface area (Å²) in [6, 6.07) is 106. The third kappa shape index (κ3) is 10.5. The molecule has 8 heteroatoms. The number of thiophene rings is 2. The second-order valence-corrected chi connectivity index (χ2v) is 23.2. The molecule has 0 spiro atoms. The highest BCUT2D eigenvalue weighted by Crippen LogP contribution is 2.42. The summed E-state index contributed by atoms with van der Waals surface area (Å²) in [6.45, 7) is 0. The molecule has 0 saturated heterocycles. The largest absolute Gasteiger partial charge is 0.208 e. The predicted octanol–water partition coefficient (Wildman–Crippen LogP) is 21.1. The van der Waals surface area contributed by atoms with Crippen LogP contribution in [0, 0.1) is 0 Å². The summed E-state index contributed by atoms with van der Waals surface area (Å²) in [6.07, 6.45) is 0. The molecule has 16 rings (SSSR count). The Morgan fingerprint density at radius 1 is 0.163 bits per heavy atom. The highest BCUT2D eigenvalue weighted by atomic mass is 32.1. The Hall–Kier alpha value is -10.9. The molecule has 0 aliphatic rings. The summed E-state index contributed by atoms with van der Waals surface area (Å²) >= 11 is 3.61. The first-order valence-corrected chi connectivity index (χ1v) is 30.2. The van der Waals surface area contributed by atoms with Crippen molar-refractivity contribution >= 4 is 63.0 Å². The van der Waals surface area contributed by atoms with Crippen molar-refractivity contribution in [3.05, 3.63) is 303 Å². The summed E-state index contributed by atoms with van der Waals surface area (Å²) in [5, 5.41) is 5.01. The number of fused-ring (bicyclic) bond motifs is 6. The third-order valence-electron chi connectivity index (χ3n) is 15.5. The van der Waals surface area contributed by atoms with Crippen molar-refractivity contribution in [1.29, 1.82) is 0 Å². The first-order chi connectivity index (χ1) is 42.6. The van der Waals surface area contributed by atoms with Crippen molar-refractivity contribution < 1.29 is 0 Å². The maximum atomic E-state index is 4.93. The molecular formula is C78H50N6S2. The number of aromatic nitrogens is 6. The van der Waals surface area contributed by atoms with Crippen molar-refractivity contribution in [2.45, 2.75) is 0 Å². The van der Waals surface area contributed by atoms with E-state index in [0.29, 0.717) is 34.9 Å². The van der Waals surface area contributed by atoms with Crippen molar-refractivity contribution in [3.63, 3.8) is 0 Å². The topological polar surface area (TPSA) is 77.3 Å². The number of hydrogen-bond acceptors (Lipinski definition) is 8. The van der Waals surface area contributed by atoms with E-state index in [-0.39, 0.29) is 0 Å². The lowest BCUT2D eigenvalue weighted by atomic mass is 9.94. The summed E-state index contributed by atoms with van der Waals surface area (Å²) in [5.74, 6) is 4.02. The molecule has 0 atom stereocenters. The minimum Gasteiger partial charge on any atom is -0.208 e. The minimum atomic E-state index is 0.669. The second-order valence-electron chi connectivity index (χ2n) is 21.0. The van der Waals surface area contributed by atoms with E-state index in [1.54, 1.807) is 22.7 Å². The van der Waals surface area contributed by atoms with E-state index >= 15 is 0 Å². The fourth-order valence-corrected chi connectivity index (χ4v) is 13.4. The molecule has 0 unspecified atom stereocenters. The lowest BCUT2D eigenvalue weighted by Gasteiger charge is -2.10. The van der Waals surface area contributed by atoms with Gasteiger partial charge < -0.3 is 0 Å². The van der Waals surface area contributed by atoms with Gasteiger partial charge in [-0.15, -0.1) is 22.7 Å². The Bertz CT molecular complexity index is 4980. The Morgan fingerprint density at radius 2 is 0.453 bits per heavy atom. The summed E-state index contributed by atoms with van der Waals surface area (Å²) < 4.78 is 4.95. The van der Waals surface area contributed by atoms with Crippen molar-refractivity contribution in [1.82, 2.24) is 29.9 Å². The molecule has 6 nitrogen and oxygen atoms in total. The van der Waals surface area contributed by atoms with Gasteiger partial charge in [-0.3, -0.25) is 0 Å². The first kappa shape index (κ1) is 51.9. The van der Waals surface area contributed by atoms with Gasteiger partial charge in [0.1, 0.15) is 0 Å². The van der Waals surface area contributed by atoms with Crippen molar-refractivity contribution in [2.75, 3.05) is 0 Å². The molecule has 12 aromatic carbocycles. The molecule has 0 radical (unpaired) electrons. The van der Waals surface area contributed by atoms with Crippen LogP contribution in [0.4, 0.5) is 0 Å². The highest BCUT2D eigenvalue weighted by Gasteiger charge is 2.18. The van der Waals surface area contributed by atoms with Gasteiger partial charge in [-0.25, -0.2) is 29.9 Å². The normalized spacial score (nSPS) is 11.3. The standard InChI is InChI=1S/2C39H25N3S/c1-4-12-26(13-5-1)31-18-10-11-19-32(31)29-21-23-35-34(24-29)33-22-20-30(25-36(33)43-35)39-41-37(27-14-6-2-7-15-27)40-38(42-39)28-16-8-3-9-17-28;1-4-11-26(12-5-1)29-17-10-18-30(23-29)31-20-22-35-34(24-31)33-21-19-32(25-36(33)43-35)39-41-37(27-13-6-2-7-14-27)40-38(42-39)28-15-8-3-9-16-28/h2*1-25H. The van der Waals surface area contributed by atoms with Gasteiger partial charge in [0.25, 0.3) is 0 Å². The van der Waals surface area contributed by atoms with Gasteiger partial charge in [-0.05, 0) is 87.0 Å². The van der Waals surface area contributed by atoms with Crippen LogP contribution in [0.15, 0.2) is 303 Å². The van der Waals surface area contributed by atoms with Crippen LogP contribution in [0.2, 0.25) is 0 Å². The van der Waals surface area contributed by atoms with Crippen LogP contribution < -0.4 is 0 Å². The van der Waals surface area contributed by atoms with Crippen LogP contribution in [0.3, 0.4) is 0 Å². The SMILES string of the molecule is c1ccc(-c2cccc(-c3ccc4sc5cc(-c6nc(-c7ccccc7)nc(-c7ccccc7)n6)ccc5c4c3)c2)cc1.c1ccc(-c2nc(-c3ccccc3)nc(-c3ccc4c(c3)sc3ccc(-c5ccccc5-c5ccccc5)cc34)n2)cc1. The zero-order valence-corrected chi connectivity index (χ0v) is 48.0. The van der Waals surface area contributed by atoms with E-state index in [0.717, 1.165) is 33.4 Å². The molecule has 0 aliphatic carbocycles. The molecule has 0 amide bonds. The summed E-state index contributed by atoms with van der Waals surface area (Å²) in [4.78, 5) is 29.4. The van der Waals surface area contributed by atoms with E-state index in [1.807, 2.05) is 121 Å². The van der Waals surface area contributed by atoms with Crippen LogP contribution >= 0.6 is 22.7 Å². The summed E-state index contributed by atoms with van der Waals surface area (Å²) in [5.41, 5.74) is 15.6. The molecule has 404 valence electrons. The maximum Gasteiger partial charge on any atom is 0.164 e. The Morgan fingerprint density at radius 3 is 0.872 bits per heavy atom. The fraction of sp³-hybridized carbons (Fsp3) is 0. The predicted molar refractivity (Wildman–Crippen MR) is 360 cm³/mol. The average Bonchev–Trinajstić information content (AvgIpc) is 3.22. The zero-order chi connectivity index (χ0) is 57.2. The molecular weight excluding hydrogens is 1090 g/mol. The van der Waals surface area contributed by atoms with Crippen LogP contribution in [-0.4, -0.2) is 29.9 Å². The molecule has 0 saturated carbocycles. The first-order valence-electron chi connectivity index (χ1n) is 28.6. The van der Waals surface area contributed by atoms with Gasteiger partial charge in [0.15, 0.2) is 34.9 Å². The van der Waals surface area contributed by atoms with E-state index in [4.69, 9.17) is 29.9 Å². The molecule has 0 aliphatic heterocycles. The van der Waals surface area contributed by atoms with E-state index in [9.17, 15) is 0 Å². The molecule has 16 aromatic rings. The number of nitrogens with zero attached hydrogens (tertiary/aromatic N) is 6. The Labute approximate surface area is 505 Å². The van der Waals surface area contributed by atoms with Gasteiger partial charge >= 0.3 is 0 Å². The average molecular weight is 1140 g/mol. The van der Waals surface area contributed by atoms with Gasteiger partial charge in [-0.1, -0.05) is 261 Å². The maximum absolute atomic E-state index is 4.93. The number of benzene rings is 12. The van der Waals surface area contributed by atoms with Gasteiger partial charge in [0, 0.05) is 73.7 Å². The van der Waals surface area contributed by atoms with Gasteiger partial charge in [-0.2, -0.15) is 0 Å². The molecule has 4 aromatic heterocycles. The Balaban J connectivity index is 0.000000145. The van der Waals surface area contributed by atoms with Crippen LogP contribution in [-0.2, 0) is 0 Å². The number of hydrogen-bond donors (Lipinski definition) is 0. The zero-order valence-electron chi connectivity index (χ0n) is 46.4. The van der Waals surface area contributed by atoms with E-state index in [2.05, 4.69) is 182 Å². The van der Waals surface area contributed by atoms with Gasteiger partial charge in [0.2, 0.25) is 0 Å². The van der Waals surface area contributed by atoms with Crippen LogP contribution in [0.25, 0.3) is 153 Å². The lowest BCUT2D eigenvalue weighted by Crippen LogP contribution is -1.99. The molecule has 0 bridgehead atoms. The fourth-order valence-electron chi connectivity index (χ4n) is 11.2. The molecule has 0 fully saturated rings.